The predicted molar refractivity (Wildman–Crippen MR) is 496 cm³/mol. The van der Waals surface area contributed by atoms with Crippen LogP contribution in [-0.2, 0) is 14.2 Å². The lowest BCUT2D eigenvalue weighted by Crippen LogP contribution is -2.32. The van der Waals surface area contributed by atoms with Gasteiger partial charge in [0.25, 0.3) is 0 Å². The van der Waals surface area contributed by atoms with Gasteiger partial charge in [0.05, 0.1) is 13.2 Å². The average Bonchev–Trinajstić information content (AvgIpc) is 1.76. The highest BCUT2D eigenvalue weighted by Gasteiger charge is 2.32. The fourth-order valence-corrected chi connectivity index (χ4v) is 19.1. The minimum atomic E-state index is 0.472. The summed E-state index contributed by atoms with van der Waals surface area (Å²) in [5.74, 6) is 8.26. The lowest BCUT2D eigenvalue weighted by molar-refractivity contribution is 0.0327. The van der Waals surface area contributed by atoms with Crippen LogP contribution in [0.1, 0.15) is 426 Å². The number of hydrogen-bond acceptors (Lipinski definition) is 9. The molecule has 0 unspecified atom stereocenters. The summed E-state index contributed by atoms with van der Waals surface area (Å²) < 4.78 is 15.5. The molecule has 0 atom stereocenters. The molecule has 0 bridgehead atoms. The van der Waals surface area contributed by atoms with Gasteiger partial charge in [-0.05, 0) is 296 Å². The molecule has 9 saturated heterocycles. The van der Waals surface area contributed by atoms with E-state index < -0.39 is 0 Å². The summed E-state index contributed by atoms with van der Waals surface area (Å²) in [6.07, 6.45) is 52.2. The van der Waals surface area contributed by atoms with Crippen LogP contribution >= 0.6 is 35.3 Å². The Bertz CT molecular complexity index is 1860. The molecule has 108 heavy (non-hydrogen) atoms. The van der Waals surface area contributed by atoms with Crippen molar-refractivity contribution < 1.29 is 14.2 Å². The van der Waals surface area contributed by atoms with Crippen molar-refractivity contribution in [3.05, 3.63) is 12.2 Å². The zero-order valence-corrected chi connectivity index (χ0v) is 81.8. The molecule has 3 N–H and O–H groups in total. The van der Waals surface area contributed by atoms with Crippen LogP contribution in [0.3, 0.4) is 0 Å². The van der Waals surface area contributed by atoms with Crippen LogP contribution in [0.5, 0.6) is 0 Å². The van der Waals surface area contributed by atoms with Gasteiger partial charge in [-0.15, -0.1) is 0 Å². The first-order valence-corrected chi connectivity index (χ1v) is 49.3. The monoisotopic (exact) mass is 1570 g/mol. The zero-order chi connectivity index (χ0) is 82.0. The smallest absolute Gasteiger partial charge is 0.0517 e. The van der Waals surface area contributed by atoms with Crippen molar-refractivity contribution in [2.75, 3.05) is 113 Å². The molecule has 0 spiro atoms. The lowest BCUT2D eigenvalue weighted by Gasteiger charge is -2.33. The Morgan fingerprint density at radius 3 is 0.583 bits per heavy atom. The van der Waals surface area contributed by atoms with Crippen molar-refractivity contribution >= 4 is 35.3 Å². The SMILES string of the molecule is CC1(C)CC1.CC1(C)CC=CC1.CC1(C)CCC1.CC1(C)CCCC1.CC1(C)CCCCC1.CC1(C)CCCCCC1.CC1(C)CCNC1.CC1(C)CCNC1.CC1(C)CCNCC1.CC1(C)CCOC1.CC1(C)CCOC1.CC1(C)CCOCC1.CC1(C)CCSC1.CC1(C)CCSC1.CC1(C)CCSCC1. The molecule has 6 nitrogen and oxygen atoms in total. The van der Waals surface area contributed by atoms with Crippen molar-refractivity contribution in [1.29, 1.82) is 0 Å². The second kappa shape index (κ2) is 51.8. The van der Waals surface area contributed by atoms with Gasteiger partial charge in [-0.2, -0.15) is 35.3 Å². The zero-order valence-electron chi connectivity index (χ0n) is 79.4. The molecule has 0 radical (unpaired) electrons. The number of hydrogen-bond donors (Lipinski definition) is 3. The second-order valence-corrected chi connectivity index (χ2v) is 51.4. The van der Waals surface area contributed by atoms with E-state index in [1.807, 2.05) is 0 Å². The molecule has 9 aliphatic heterocycles. The third-order valence-corrected chi connectivity index (χ3v) is 29.5. The molecular formula is C99H199N3O3S3. The molecule has 9 heterocycles. The first-order valence-electron chi connectivity index (χ1n) is 45.8. The number of rotatable bonds is 0. The van der Waals surface area contributed by atoms with Crippen LogP contribution in [0.4, 0.5) is 0 Å². The van der Waals surface area contributed by atoms with Crippen molar-refractivity contribution in [3.8, 4) is 0 Å². The number of allylic oxidation sites excluding steroid dienone is 2. The van der Waals surface area contributed by atoms with Crippen LogP contribution in [0.2, 0.25) is 0 Å². The number of nitrogens with one attached hydrogen (secondary N) is 3. The predicted octanol–water partition coefficient (Wildman–Crippen LogP) is 30.2. The Kier molecular flexibility index (Phi) is 51.1. The summed E-state index contributed by atoms with van der Waals surface area (Å²) in [6, 6.07) is 0. The summed E-state index contributed by atoms with van der Waals surface area (Å²) >= 11 is 6.26. The number of thioether (sulfide) groups is 3. The molecule has 14 fully saturated rings. The summed E-state index contributed by atoms with van der Waals surface area (Å²) in [5, 5.41) is 9.97. The molecule has 0 aromatic rings. The Hall–Kier alpha value is 0.550. The van der Waals surface area contributed by atoms with E-state index in [1.54, 1.807) is 0 Å². The summed E-state index contributed by atoms with van der Waals surface area (Å²) in [6.45, 7) is 82.7. The Morgan fingerprint density at radius 2 is 0.444 bits per heavy atom. The summed E-state index contributed by atoms with van der Waals surface area (Å²) in [7, 11) is 0. The highest BCUT2D eigenvalue weighted by molar-refractivity contribution is 7.99. The minimum absolute atomic E-state index is 0.472. The van der Waals surface area contributed by atoms with Gasteiger partial charge in [0.2, 0.25) is 0 Å². The largest absolute Gasteiger partial charge is 0.381 e. The van der Waals surface area contributed by atoms with E-state index in [1.165, 1.54) is 292 Å². The third-order valence-electron chi connectivity index (χ3n) is 25.6. The highest BCUT2D eigenvalue weighted by Crippen LogP contribution is 2.44. The maximum atomic E-state index is 5.21. The number of piperidine rings is 1. The molecule has 0 amide bonds. The second-order valence-electron chi connectivity index (χ2n) is 47.9. The van der Waals surface area contributed by atoms with Gasteiger partial charge in [0, 0.05) is 39.5 Å². The van der Waals surface area contributed by atoms with Gasteiger partial charge in [-0.3, -0.25) is 0 Å². The quantitative estimate of drug-likeness (QED) is 0.163. The fourth-order valence-electron chi connectivity index (χ4n) is 14.5. The van der Waals surface area contributed by atoms with E-state index in [0.29, 0.717) is 70.4 Å². The maximum absolute atomic E-state index is 5.21. The molecule has 0 aromatic heterocycles. The van der Waals surface area contributed by atoms with Gasteiger partial charge in [-0.25, -0.2) is 0 Å². The number of ether oxygens (including phenoxy) is 3. The van der Waals surface area contributed by atoms with Gasteiger partial charge < -0.3 is 30.2 Å². The van der Waals surface area contributed by atoms with E-state index >= 15 is 0 Å². The normalized spacial score (nSPS) is 28.0. The lowest BCUT2D eigenvalue weighted by atomic mass is 9.72. The molecular weight excluding hydrogens is 1380 g/mol. The highest BCUT2D eigenvalue weighted by atomic mass is 32.2. The van der Waals surface area contributed by atoms with Crippen molar-refractivity contribution in [2.45, 2.75) is 426 Å². The molecule has 15 aliphatic rings. The van der Waals surface area contributed by atoms with E-state index in [-0.39, 0.29) is 0 Å². The van der Waals surface area contributed by atoms with Crippen LogP contribution in [0.25, 0.3) is 0 Å². The Morgan fingerprint density at radius 1 is 0.204 bits per heavy atom. The first-order chi connectivity index (χ1) is 49.6. The van der Waals surface area contributed by atoms with Crippen molar-refractivity contribution in [1.82, 2.24) is 16.0 Å². The standard InChI is InChI=1S/C9H18.C8H16.C7H15N.C7H14O.C7H14S.C7H14.C7H12.2C6H13N.2C6H12O.2C6H12S.C6H12.C5H10/c1-9(2)7-5-3-4-6-8-9;1-8(2)6-4-3-5-7-8;3*1-7(2)3-5-8-6-4-7;2*1-7(2)5-3-4-6-7;6*1-6(2)3-4-7-5-6;1-6(2)4-3-5-6;1-5(2)3-4-5/h3-8H2,1-2H3;3-7H2,1-2H3;8H,3-6H2,1-2H3;2*3-6H2,1-2H3;3-6H2,1-2H3;3-4H,5-6H2,1-2H3;2*7H,3-5H2,1-2H3;4*3-5H2,1-2H3;3-5H2,1-2H3;3-4H2,1-2H3. The van der Waals surface area contributed by atoms with Crippen LogP contribution in [0, 0.1) is 81.2 Å². The van der Waals surface area contributed by atoms with Crippen molar-refractivity contribution in [3.63, 3.8) is 0 Å². The average molecular weight is 1580 g/mol. The summed E-state index contributed by atoms with van der Waals surface area (Å²) in [5.41, 5.74) is 9.35. The minimum Gasteiger partial charge on any atom is -0.381 e. The van der Waals surface area contributed by atoms with E-state index in [4.69, 9.17) is 14.2 Å². The fraction of sp³-hybridized carbons (Fsp3) is 0.980. The summed E-state index contributed by atoms with van der Waals surface area (Å²) in [4.78, 5) is 0. The van der Waals surface area contributed by atoms with E-state index in [9.17, 15) is 0 Å². The van der Waals surface area contributed by atoms with Gasteiger partial charge in [0.1, 0.15) is 0 Å². The molecule has 0 aromatic carbocycles. The molecule has 646 valence electrons. The third kappa shape index (κ3) is 63.7. The van der Waals surface area contributed by atoms with Crippen molar-refractivity contribution in [2.24, 2.45) is 81.2 Å². The molecule has 9 heteroatoms. The first kappa shape index (κ1) is 107. The Balaban J connectivity index is 0.000000579. The van der Waals surface area contributed by atoms with Gasteiger partial charge >= 0.3 is 0 Å². The maximum Gasteiger partial charge on any atom is 0.0517 e. The van der Waals surface area contributed by atoms with Crippen LogP contribution < -0.4 is 16.0 Å². The topological polar surface area (TPSA) is 63.8 Å². The van der Waals surface area contributed by atoms with E-state index in [0.717, 1.165) is 50.5 Å². The molecule has 15 rings (SSSR count). The van der Waals surface area contributed by atoms with E-state index in [2.05, 4.69) is 271 Å². The van der Waals surface area contributed by atoms with Gasteiger partial charge in [0.15, 0.2) is 0 Å². The van der Waals surface area contributed by atoms with Crippen LogP contribution in [-0.4, -0.2) is 113 Å². The molecule has 5 saturated carbocycles. The van der Waals surface area contributed by atoms with Gasteiger partial charge in [-0.1, -0.05) is 284 Å². The Labute approximate surface area is 693 Å². The molecule has 6 aliphatic carbocycles. The van der Waals surface area contributed by atoms with Crippen LogP contribution in [0.15, 0.2) is 12.2 Å².